The number of carbonyl (C=O) groups is 1. The van der Waals surface area contributed by atoms with Crippen molar-refractivity contribution in [1.82, 2.24) is 9.97 Å². The first-order valence-electron chi connectivity index (χ1n) is 9.36. The number of rotatable bonds is 4. The number of aromatic nitrogens is 2. The maximum Gasteiger partial charge on any atom is 0.308 e. The molecule has 3 aromatic carbocycles. The van der Waals surface area contributed by atoms with E-state index in [1.807, 2.05) is 37.3 Å². The van der Waals surface area contributed by atoms with Gasteiger partial charge >= 0.3 is 5.97 Å². The molecule has 0 aliphatic carbocycles. The van der Waals surface area contributed by atoms with Crippen molar-refractivity contribution in [1.29, 1.82) is 0 Å². The third-order valence-electron chi connectivity index (χ3n) is 4.74. The fraction of sp³-hybridized carbons (Fsp3) is 0.125. The Balaban J connectivity index is 1.80. The van der Waals surface area contributed by atoms with E-state index in [4.69, 9.17) is 9.47 Å². The van der Waals surface area contributed by atoms with Crippen LogP contribution < -0.4 is 9.47 Å². The summed E-state index contributed by atoms with van der Waals surface area (Å²) in [5, 5.41) is 0.720. The number of methoxy groups -OCH3 is 1. The fourth-order valence-electron chi connectivity index (χ4n) is 3.32. The SMILES string of the molecule is COc1cc2nc(-c3ccc(-c4ccccc4)c(F)c3)nc(C)c2cc1OC(C)=O. The van der Waals surface area contributed by atoms with Crippen molar-refractivity contribution in [3.8, 4) is 34.0 Å². The van der Waals surface area contributed by atoms with E-state index in [-0.39, 0.29) is 5.82 Å². The van der Waals surface area contributed by atoms with Crippen LogP contribution in [0.15, 0.2) is 60.7 Å². The highest BCUT2D eigenvalue weighted by molar-refractivity contribution is 5.87. The summed E-state index contributed by atoms with van der Waals surface area (Å²) in [6, 6.07) is 17.7. The van der Waals surface area contributed by atoms with Gasteiger partial charge in [0.05, 0.1) is 12.6 Å². The summed E-state index contributed by atoms with van der Waals surface area (Å²) in [4.78, 5) is 20.5. The Bertz CT molecular complexity index is 1260. The summed E-state index contributed by atoms with van der Waals surface area (Å²) in [6.07, 6.45) is 0. The first kappa shape index (κ1) is 19.5. The first-order chi connectivity index (χ1) is 14.5. The molecule has 0 unspecified atom stereocenters. The number of ether oxygens (including phenoxy) is 2. The molecule has 0 N–H and O–H groups in total. The van der Waals surface area contributed by atoms with Gasteiger partial charge in [-0.3, -0.25) is 4.79 Å². The summed E-state index contributed by atoms with van der Waals surface area (Å²) in [6.45, 7) is 3.15. The van der Waals surface area contributed by atoms with Crippen LogP contribution in [-0.2, 0) is 4.79 Å². The number of hydrogen-bond donors (Lipinski definition) is 0. The van der Waals surface area contributed by atoms with Crippen LogP contribution in [0.2, 0.25) is 0 Å². The van der Waals surface area contributed by atoms with Gasteiger partial charge in [0.2, 0.25) is 0 Å². The van der Waals surface area contributed by atoms with Gasteiger partial charge in [0, 0.05) is 35.2 Å². The molecule has 4 rings (SSSR count). The van der Waals surface area contributed by atoms with E-state index in [9.17, 15) is 9.18 Å². The molecule has 0 amide bonds. The van der Waals surface area contributed by atoms with Crippen LogP contribution in [0.3, 0.4) is 0 Å². The van der Waals surface area contributed by atoms with Crippen LogP contribution >= 0.6 is 0 Å². The van der Waals surface area contributed by atoms with E-state index in [1.165, 1.54) is 20.1 Å². The minimum Gasteiger partial charge on any atom is -0.493 e. The normalized spacial score (nSPS) is 10.8. The number of fused-ring (bicyclic) bond motifs is 1. The van der Waals surface area contributed by atoms with Crippen molar-refractivity contribution in [3.63, 3.8) is 0 Å². The third-order valence-corrected chi connectivity index (χ3v) is 4.74. The van der Waals surface area contributed by atoms with Crippen LogP contribution in [0.5, 0.6) is 11.5 Å². The standard InChI is InChI=1S/C24H19FN2O3/c1-14-19-12-23(30-15(2)28)22(29-3)13-21(19)27-24(26-14)17-9-10-18(20(25)11-17)16-7-5-4-6-8-16/h4-13H,1-3H3. The molecule has 6 heteroatoms. The Morgan fingerprint density at radius 1 is 0.933 bits per heavy atom. The van der Waals surface area contributed by atoms with Crippen molar-refractivity contribution in [2.24, 2.45) is 0 Å². The number of aryl methyl sites for hydroxylation is 1. The van der Waals surface area contributed by atoms with Crippen LogP contribution in [0, 0.1) is 12.7 Å². The molecule has 0 fully saturated rings. The van der Waals surface area contributed by atoms with Crippen LogP contribution in [0.4, 0.5) is 4.39 Å². The molecule has 0 aliphatic heterocycles. The summed E-state index contributed by atoms with van der Waals surface area (Å²) in [7, 11) is 1.49. The Morgan fingerprint density at radius 3 is 2.37 bits per heavy atom. The second-order valence-electron chi connectivity index (χ2n) is 6.81. The zero-order valence-corrected chi connectivity index (χ0v) is 16.8. The quantitative estimate of drug-likeness (QED) is 0.340. The lowest BCUT2D eigenvalue weighted by atomic mass is 10.0. The zero-order chi connectivity index (χ0) is 21.3. The number of halogens is 1. The fourth-order valence-corrected chi connectivity index (χ4v) is 3.32. The van der Waals surface area contributed by atoms with Crippen molar-refractivity contribution < 1.29 is 18.7 Å². The molecule has 0 saturated carbocycles. The molecule has 150 valence electrons. The lowest BCUT2D eigenvalue weighted by molar-refractivity contribution is -0.132. The molecule has 1 heterocycles. The molecular weight excluding hydrogens is 383 g/mol. The second kappa shape index (κ2) is 7.91. The third kappa shape index (κ3) is 3.72. The molecule has 0 aliphatic rings. The maximum atomic E-state index is 14.8. The summed E-state index contributed by atoms with van der Waals surface area (Å²) in [5.41, 5.74) is 3.18. The van der Waals surface area contributed by atoms with Gasteiger partial charge in [0.1, 0.15) is 5.82 Å². The highest BCUT2D eigenvalue weighted by atomic mass is 19.1. The molecule has 0 radical (unpaired) electrons. The Morgan fingerprint density at radius 2 is 1.70 bits per heavy atom. The predicted octanol–water partition coefficient (Wildman–Crippen LogP) is 5.35. The van der Waals surface area contributed by atoms with E-state index >= 15 is 0 Å². The number of benzene rings is 3. The Hall–Kier alpha value is -3.80. The van der Waals surface area contributed by atoms with E-state index in [1.54, 1.807) is 24.3 Å². The average molecular weight is 402 g/mol. The van der Waals surface area contributed by atoms with Gasteiger partial charge in [-0.15, -0.1) is 0 Å². The Labute approximate surface area is 173 Å². The molecule has 0 bridgehead atoms. The monoisotopic (exact) mass is 402 g/mol. The zero-order valence-electron chi connectivity index (χ0n) is 16.8. The summed E-state index contributed by atoms with van der Waals surface area (Å²) < 4.78 is 25.3. The molecule has 4 aromatic rings. The number of hydrogen-bond acceptors (Lipinski definition) is 5. The van der Waals surface area contributed by atoms with Gasteiger partial charge in [-0.1, -0.05) is 42.5 Å². The first-order valence-corrected chi connectivity index (χ1v) is 9.36. The van der Waals surface area contributed by atoms with E-state index < -0.39 is 5.97 Å². The average Bonchev–Trinajstić information content (AvgIpc) is 2.73. The van der Waals surface area contributed by atoms with Gasteiger partial charge in [0.25, 0.3) is 0 Å². The van der Waals surface area contributed by atoms with Crippen molar-refractivity contribution in [2.75, 3.05) is 7.11 Å². The van der Waals surface area contributed by atoms with E-state index in [0.29, 0.717) is 39.7 Å². The highest BCUT2D eigenvalue weighted by Crippen LogP contribution is 2.34. The largest absolute Gasteiger partial charge is 0.493 e. The number of nitrogens with zero attached hydrogens (tertiary/aromatic N) is 2. The molecular formula is C24H19FN2O3. The van der Waals surface area contributed by atoms with Crippen LogP contribution in [0.25, 0.3) is 33.4 Å². The predicted molar refractivity (Wildman–Crippen MR) is 113 cm³/mol. The molecule has 0 spiro atoms. The van der Waals surface area contributed by atoms with Crippen LogP contribution in [0.1, 0.15) is 12.6 Å². The van der Waals surface area contributed by atoms with Gasteiger partial charge in [-0.2, -0.15) is 0 Å². The number of esters is 1. The topological polar surface area (TPSA) is 61.3 Å². The molecule has 30 heavy (non-hydrogen) atoms. The highest BCUT2D eigenvalue weighted by Gasteiger charge is 2.15. The second-order valence-corrected chi connectivity index (χ2v) is 6.81. The van der Waals surface area contributed by atoms with Gasteiger partial charge in [-0.05, 0) is 24.6 Å². The molecule has 0 saturated heterocycles. The molecule has 5 nitrogen and oxygen atoms in total. The van der Waals surface area contributed by atoms with Gasteiger partial charge in [-0.25, -0.2) is 14.4 Å². The summed E-state index contributed by atoms with van der Waals surface area (Å²) in [5.74, 6) is 0.294. The minimum absolute atomic E-state index is 0.301. The van der Waals surface area contributed by atoms with Gasteiger partial charge in [0.15, 0.2) is 17.3 Å². The van der Waals surface area contributed by atoms with Crippen LogP contribution in [-0.4, -0.2) is 23.0 Å². The number of carbonyl (C=O) groups excluding carboxylic acids is 1. The van der Waals surface area contributed by atoms with Gasteiger partial charge < -0.3 is 9.47 Å². The minimum atomic E-state index is -0.447. The van der Waals surface area contributed by atoms with Crippen molar-refractivity contribution >= 4 is 16.9 Å². The maximum absolute atomic E-state index is 14.8. The van der Waals surface area contributed by atoms with Crippen molar-refractivity contribution in [3.05, 3.63) is 72.2 Å². The molecule has 0 atom stereocenters. The smallest absolute Gasteiger partial charge is 0.308 e. The lowest BCUT2D eigenvalue weighted by Crippen LogP contribution is -2.04. The van der Waals surface area contributed by atoms with Crippen molar-refractivity contribution in [2.45, 2.75) is 13.8 Å². The van der Waals surface area contributed by atoms with E-state index in [0.717, 1.165) is 10.9 Å². The summed E-state index contributed by atoms with van der Waals surface area (Å²) >= 11 is 0. The lowest BCUT2D eigenvalue weighted by Gasteiger charge is -2.12. The molecule has 1 aromatic heterocycles. The van der Waals surface area contributed by atoms with E-state index in [2.05, 4.69) is 9.97 Å². The Kier molecular flexibility index (Phi) is 5.14.